The van der Waals surface area contributed by atoms with Crippen molar-refractivity contribution in [2.24, 2.45) is 0 Å². The fourth-order valence-corrected chi connectivity index (χ4v) is 7.64. The molecule has 3 aromatic heterocycles. The summed E-state index contributed by atoms with van der Waals surface area (Å²) in [5.74, 6) is 0.921. The number of aryl methyl sites for hydroxylation is 1. The molecule has 218 valence electrons. The van der Waals surface area contributed by atoms with Crippen LogP contribution in [0.2, 0.25) is 0 Å². The van der Waals surface area contributed by atoms with Crippen LogP contribution in [0.4, 0.5) is 5.95 Å². The SMILES string of the molecule is COc1ncc(-c2nc(N3CCCCC3)nc3c(CN4CCC(OC(C)C)CC4)c(C)sc23)cc1CS(C)(=O)=O. The van der Waals surface area contributed by atoms with E-state index < -0.39 is 9.84 Å². The lowest BCUT2D eigenvalue weighted by Crippen LogP contribution is -2.37. The van der Waals surface area contributed by atoms with Crippen LogP contribution in [-0.2, 0) is 26.9 Å². The number of methoxy groups -OCH3 is 1. The first-order valence-corrected chi connectivity index (χ1v) is 17.1. The maximum Gasteiger partial charge on any atom is 0.226 e. The summed E-state index contributed by atoms with van der Waals surface area (Å²) in [6.07, 6.45) is 9.11. The van der Waals surface area contributed by atoms with Crippen LogP contribution in [0.1, 0.15) is 62.0 Å². The van der Waals surface area contributed by atoms with Crippen molar-refractivity contribution >= 4 is 37.3 Å². The van der Waals surface area contributed by atoms with E-state index in [0.717, 1.165) is 85.8 Å². The molecule has 2 saturated heterocycles. The predicted octanol–water partition coefficient (Wildman–Crippen LogP) is 4.99. The Hall–Kier alpha value is -2.34. The van der Waals surface area contributed by atoms with Gasteiger partial charge in [0.05, 0.1) is 41.0 Å². The van der Waals surface area contributed by atoms with Gasteiger partial charge in [-0.05, 0) is 58.9 Å². The molecule has 2 aliphatic rings. The molecule has 0 aliphatic carbocycles. The largest absolute Gasteiger partial charge is 0.481 e. The molecule has 0 N–H and O–H groups in total. The standard InChI is InChI=1S/C29H41N5O4S2/c1-19(2)38-23-9-13-33(14-10-23)17-24-20(3)39-27-25(31-29(32-26(24)27)34-11-7-6-8-12-34)21-15-22(18-40(5,35)36)28(37-4)30-16-21/h15-16,19,23H,6-14,17-18H2,1-5H3. The van der Waals surface area contributed by atoms with Gasteiger partial charge in [0.15, 0.2) is 9.84 Å². The molecule has 2 fully saturated rings. The Labute approximate surface area is 241 Å². The van der Waals surface area contributed by atoms with Crippen LogP contribution in [0.25, 0.3) is 21.5 Å². The molecule has 0 bridgehead atoms. The first-order chi connectivity index (χ1) is 19.1. The topological polar surface area (TPSA) is 97.8 Å². The Morgan fingerprint density at radius 1 is 1.10 bits per heavy atom. The van der Waals surface area contributed by atoms with Crippen molar-refractivity contribution in [2.75, 3.05) is 44.4 Å². The number of aromatic nitrogens is 3. The van der Waals surface area contributed by atoms with Gasteiger partial charge in [-0.15, -0.1) is 11.3 Å². The van der Waals surface area contributed by atoms with E-state index in [4.69, 9.17) is 19.4 Å². The summed E-state index contributed by atoms with van der Waals surface area (Å²) in [4.78, 5) is 20.8. The Balaban J connectivity index is 1.55. The minimum atomic E-state index is -3.28. The number of anilines is 1. The van der Waals surface area contributed by atoms with Gasteiger partial charge in [-0.2, -0.15) is 0 Å². The van der Waals surface area contributed by atoms with Crippen LogP contribution < -0.4 is 9.64 Å². The Bertz CT molecular complexity index is 1440. The molecule has 0 amide bonds. The van der Waals surface area contributed by atoms with E-state index >= 15 is 0 Å². The number of fused-ring (bicyclic) bond motifs is 1. The zero-order valence-corrected chi connectivity index (χ0v) is 25.9. The van der Waals surface area contributed by atoms with Crippen LogP contribution in [0.15, 0.2) is 12.3 Å². The van der Waals surface area contributed by atoms with Gasteiger partial charge in [0, 0.05) is 66.7 Å². The lowest BCUT2D eigenvalue weighted by molar-refractivity contribution is -0.0278. The minimum absolute atomic E-state index is 0.143. The van der Waals surface area contributed by atoms with Gasteiger partial charge in [0.2, 0.25) is 11.8 Å². The van der Waals surface area contributed by atoms with E-state index in [1.54, 1.807) is 17.5 Å². The molecular formula is C29H41N5O4S2. The van der Waals surface area contributed by atoms with Gasteiger partial charge in [-0.3, -0.25) is 4.90 Å². The van der Waals surface area contributed by atoms with Crippen LogP contribution in [-0.4, -0.2) is 80.0 Å². The van der Waals surface area contributed by atoms with Crippen molar-refractivity contribution in [1.29, 1.82) is 0 Å². The second-order valence-corrected chi connectivity index (χ2v) is 14.7. The van der Waals surface area contributed by atoms with Crippen molar-refractivity contribution < 1.29 is 17.9 Å². The molecule has 5 heterocycles. The Kier molecular flexibility index (Phi) is 8.94. The van der Waals surface area contributed by atoms with Gasteiger partial charge in [-0.25, -0.2) is 23.4 Å². The molecule has 2 aliphatic heterocycles. The average Bonchev–Trinajstić information content (AvgIpc) is 3.23. The van der Waals surface area contributed by atoms with Gasteiger partial charge in [0.25, 0.3) is 0 Å². The quantitative estimate of drug-likeness (QED) is 0.343. The zero-order chi connectivity index (χ0) is 28.4. The molecule has 9 nitrogen and oxygen atoms in total. The molecule has 0 atom stereocenters. The number of likely N-dealkylation sites (tertiary alicyclic amines) is 1. The number of hydrogen-bond donors (Lipinski definition) is 0. The monoisotopic (exact) mass is 587 g/mol. The average molecular weight is 588 g/mol. The predicted molar refractivity (Wildman–Crippen MR) is 161 cm³/mol. The Morgan fingerprint density at radius 2 is 1.82 bits per heavy atom. The zero-order valence-electron chi connectivity index (χ0n) is 24.3. The molecule has 0 radical (unpaired) electrons. The maximum absolute atomic E-state index is 12.2. The molecule has 0 unspecified atom stereocenters. The number of pyridine rings is 1. The van der Waals surface area contributed by atoms with Crippen molar-refractivity contribution in [3.05, 3.63) is 28.3 Å². The minimum Gasteiger partial charge on any atom is -0.481 e. The lowest BCUT2D eigenvalue weighted by Gasteiger charge is -2.32. The number of sulfone groups is 1. The van der Waals surface area contributed by atoms with E-state index in [-0.39, 0.29) is 11.9 Å². The second kappa shape index (κ2) is 12.3. The smallest absolute Gasteiger partial charge is 0.226 e. The third-order valence-electron chi connectivity index (χ3n) is 7.65. The van der Waals surface area contributed by atoms with Crippen molar-refractivity contribution in [1.82, 2.24) is 19.9 Å². The molecule has 11 heteroatoms. The highest BCUT2D eigenvalue weighted by atomic mass is 32.2. The van der Waals surface area contributed by atoms with E-state index in [1.807, 2.05) is 6.07 Å². The lowest BCUT2D eigenvalue weighted by atomic mass is 10.1. The fraction of sp³-hybridized carbons (Fsp3) is 0.621. The van der Waals surface area contributed by atoms with Crippen molar-refractivity contribution in [3.63, 3.8) is 0 Å². The number of nitrogens with zero attached hydrogens (tertiary/aromatic N) is 5. The highest BCUT2D eigenvalue weighted by molar-refractivity contribution is 7.89. The Morgan fingerprint density at radius 3 is 2.48 bits per heavy atom. The van der Waals surface area contributed by atoms with E-state index in [0.29, 0.717) is 17.5 Å². The number of hydrogen-bond acceptors (Lipinski definition) is 10. The van der Waals surface area contributed by atoms with Gasteiger partial charge in [-0.1, -0.05) is 0 Å². The first kappa shape index (κ1) is 29.2. The molecular weight excluding hydrogens is 546 g/mol. The summed E-state index contributed by atoms with van der Waals surface area (Å²) >= 11 is 1.71. The van der Waals surface area contributed by atoms with E-state index in [9.17, 15) is 8.42 Å². The third-order valence-corrected chi connectivity index (χ3v) is 9.63. The van der Waals surface area contributed by atoms with Gasteiger partial charge < -0.3 is 14.4 Å². The normalized spacial score (nSPS) is 17.7. The maximum atomic E-state index is 12.2. The highest BCUT2D eigenvalue weighted by Gasteiger charge is 2.26. The number of piperidine rings is 2. The summed E-state index contributed by atoms with van der Waals surface area (Å²) in [5, 5.41) is 0. The summed E-state index contributed by atoms with van der Waals surface area (Å²) < 4.78 is 36.8. The molecule has 40 heavy (non-hydrogen) atoms. The molecule has 0 spiro atoms. The van der Waals surface area contributed by atoms with E-state index in [1.165, 1.54) is 30.2 Å². The second-order valence-electron chi connectivity index (χ2n) is 11.4. The van der Waals surface area contributed by atoms with Gasteiger partial charge >= 0.3 is 0 Å². The summed E-state index contributed by atoms with van der Waals surface area (Å²) in [5.41, 5.74) is 4.37. The number of thiophene rings is 1. The molecule has 0 aromatic carbocycles. The number of ether oxygens (including phenoxy) is 2. The highest BCUT2D eigenvalue weighted by Crippen LogP contribution is 2.39. The van der Waals surface area contributed by atoms with Gasteiger partial charge in [0.1, 0.15) is 0 Å². The van der Waals surface area contributed by atoms with Crippen molar-refractivity contribution in [3.8, 4) is 17.1 Å². The number of rotatable bonds is 9. The van der Waals surface area contributed by atoms with Crippen molar-refractivity contribution in [2.45, 2.75) is 77.4 Å². The van der Waals surface area contributed by atoms with Crippen LogP contribution in [0.5, 0.6) is 5.88 Å². The third kappa shape index (κ3) is 6.75. The van der Waals surface area contributed by atoms with Crippen LogP contribution in [0.3, 0.4) is 0 Å². The first-order valence-electron chi connectivity index (χ1n) is 14.2. The molecule has 5 rings (SSSR count). The molecule has 0 saturated carbocycles. The summed E-state index contributed by atoms with van der Waals surface area (Å²) in [6.45, 7) is 11.1. The van der Waals surface area contributed by atoms with Crippen LogP contribution in [0, 0.1) is 6.92 Å². The van der Waals surface area contributed by atoms with Crippen LogP contribution >= 0.6 is 11.3 Å². The molecule has 3 aromatic rings. The fourth-order valence-electron chi connectivity index (χ4n) is 5.75. The summed E-state index contributed by atoms with van der Waals surface area (Å²) in [6, 6.07) is 1.86. The van der Waals surface area contributed by atoms with E-state index in [2.05, 4.69) is 35.6 Å². The summed E-state index contributed by atoms with van der Waals surface area (Å²) in [7, 11) is -1.77.